The Labute approximate surface area is 156 Å². The number of esters is 2. The van der Waals surface area contributed by atoms with E-state index < -0.39 is 52.8 Å². The molecular weight excluding hydrogens is 356 g/mol. The average Bonchev–Trinajstić information content (AvgIpc) is 3.36. The van der Waals surface area contributed by atoms with Gasteiger partial charge in [-0.1, -0.05) is 6.92 Å². The number of ether oxygens (including phenoxy) is 4. The van der Waals surface area contributed by atoms with E-state index in [9.17, 15) is 19.5 Å². The third-order valence-electron chi connectivity index (χ3n) is 7.00. The fraction of sp³-hybridized carbons (Fsp3) is 0.737. The molecule has 1 N–H and O–H groups in total. The SMILES string of the molecule is CC(=O)OC[C@@]12CC(=O)C(C)=C[C@@H]1O[C@H]1[C@@H](O)[C@@H](OC(C)=O)[C@]2(C)[C@@]12CO2. The maximum absolute atomic E-state index is 12.7. The summed E-state index contributed by atoms with van der Waals surface area (Å²) in [5, 5.41) is 10.9. The first-order chi connectivity index (χ1) is 12.6. The number of rotatable bonds is 3. The van der Waals surface area contributed by atoms with Crippen LogP contribution in [0.2, 0.25) is 0 Å². The summed E-state index contributed by atoms with van der Waals surface area (Å²) < 4.78 is 22.9. The van der Waals surface area contributed by atoms with Crippen molar-refractivity contribution in [3.63, 3.8) is 0 Å². The van der Waals surface area contributed by atoms with Gasteiger partial charge >= 0.3 is 11.9 Å². The second kappa shape index (κ2) is 5.62. The third kappa shape index (κ3) is 2.17. The highest BCUT2D eigenvalue weighted by atomic mass is 16.7. The zero-order chi connectivity index (χ0) is 19.8. The third-order valence-corrected chi connectivity index (χ3v) is 7.00. The molecule has 0 aromatic rings. The summed E-state index contributed by atoms with van der Waals surface area (Å²) in [6.45, 7) is 6.34. The molecule has 0 unspecified atom stereocenters. The largest absolute Gasteiger partial charge is 0.465 e. The smallest absolute Gasteiger partial charge is 0.303 e. The van der Waals surface area contributed by atoms with Gasteiger partial charge in [0.05, 0.1) is 23.5 Å². The van der Waals surface area contributed by atoms with Gasteiger partial charge in [0, 0.05) is 20.3 Å². The zero-order valence-corrected chi connectivity index (χ0v) is 15.8. The van der Waals surface area contributed by atoms with E-state index in [2.05, 4.69) is 0 Å². The van der Waals surface area contributed by atoms with Crippen molar-refractivity contribution < 1.29 is 38.4 Å². The summed E-state index contributed by atoms with van der Waals surface area (Å²) in [7, 11) is 0. The first-order valence-corrected chi connectivity index (χ1v) is 9.09. The van der Waals surface area contributed by atoms with Crippen molar-refractivity contribution in [3.8, 4) is 0 Å². The van der Waals surface area contributed by atoms with E-state index in [1.54, 1.807) is 13.0 Å². The molecule has 2 aliphatic carbocycles. The minimum absolute atomic E-state index is 0.0477. The first-order valence-electron chi connectivity index (χ1n) is 9.09. The lowest BCUT2D eigenvalue weighted by Crippen LogP contribution is -2.67. The number of allylic oxidation sites excluding steroid dienone is 1. The van der Waals surface area contributed by atoms with Gasteiger partial charge in [-0.2, -0.15) is 0 Å². The Hall–Kier alpha value is -1.77. The Morgan fingerprint density at radius 2 is 2.00 bits per heavy atom. The molecule has 0 radical (unpaired) electrons. The number of Topliss-reactive ketones (excluding diaryl/α,β-unsaturated/α-hetero) is 1. The highest BCUT2D eigenvalue weighted by molar-refractivity contribution is 5.96. The van der Waals surface area contributed by atoms with Crippen molar-refractivity contribution in [1.29, 1.82) is 0 Å². The fourth-order valence-corrected chi connectivity index (χ4v) is 5.44. The van der Waals surface area contributed by atoms with E-state index in [0.717, 1.165) is 0 Å². The van der Waals surface area contributed by atoms with E-state index in [1.807, 2.05) is 6.92 Å². The molecule has 8 nitrogen and oxygen atoms in total. The topological polar surface area (TPSA) is 112 Å². The second-order valence-electron chi connectivity index (χ2n) is 8.26. The van der Waals surface area contributed by atoms with Crippen molar-refractivity contribution >= 4 is 17.7 Å². The molecule has 1 spiro atoms. The van der Waals surface area contributed by atoms with Crippen molar-refractivity contribution in [3.05, 3.63) is 11.6 Å². The molecule has 0 aromatic carbocycles. The molecule has 3 fully saturated rings. The van der Waals surface area contributed by atoms with Crippen LogP contribution in [0.25, 0.3) is 0 Å². The number of fused-ring (bicyclic) bond motifs is 2. The molecule has 2 heterocycles. The van der Waals surface area contributed by atoms with Crippen LogP contribution in [0.15, 0.2) is 11.6 Å². The van der Waals surface area contributed by atoms with Gasteiger partial charge in [-0.3, -0.25) is 14.4 Å². The van der Waals surface area contributed by atoms with E-state index in [1.165, 1.54) is 13.8 Å². The number of carbonyl (C=O) groups is 3. The molecule has 1 saturated carbocycles. The predicted octanol–water partition coefficient (Wildman–Crippen LogP) is 0.304. The average molecular weight is 380 g/mol. The molecule has 4 rings (SSSR count). The first kappa shape index (κ1) is 18.6. The van der Waals surface area contributed by atoms with Gasteiger partial charge in [-0.15, -0.1) is 0 Å². The number of hydrogen-bond donors (Lipinski definition) is 1. The maximum Gasteiger partial charge on any atom is 0.303 e. The predicted molar refractivity (Wildman–Crippen MR) is 89.5 cm³/mol. The van der Waals surface area contributed by atoms with Crippen LogP contribution >= 0.6 is 0 Å². The molecule has 148 valence electrons. The van der Waals surface area contributed by atoms with Crippen molar-refractivity contribution in [2.24, 2.45) is 10.8 Å². The number of aliphatic hydroxyl groups excluding tert-OH is 1. The zero-order valence-electron chi connectivity index (χ0n) is 15.8. The molecule has 0 aromatic heterocycles. The van der Waals surface area contributed by atoms with E-state index >= 15 is 0 Å². The van der Waals surface area contributed by atoms with Crippen molar-refractivity contribution in [2.45, 2.75) is 64.1 Å². The Morgan fingerprint density at radius 3 is 2.56 bits per heavy atom. The minimum atomic E-state index is -1.11. The molecule has 27 heavy (non-hydrogen) atoms. The van der Waals surface area contributed by atoms with Gasteiger partial charge in [0.2, 0.25) is 0 Å². The summed E-state index contributed by atoms with van der Waals surface area (Å²) in [6.07, 6.45) is -1.55. The molecule has 8 heteroatoms. The van der Waals surface area contributed by atoms with E-state index in [0.29, 0.717) is 12.2 Å². The van der Waals surface area contributed by atoms with Gasteiger partial charge in [0.1, 0.15) is 30.5 Å². The standard InChI is InChI=1S/C19H24O8/c1-9-5-13-18(6-12(9)22,7-24-10(2)20)17(4)15(26-11(3)21)14(23)16(27-13)19(17)8-25-19/h5,13-16,23H,6-8H2,1-4H3/t13-,14-,15+,16-,17-,18-,19+/m0/s1. The maximum atomic E-state index is 12.7. The molecule has 4 aliphatic rings. The monoisotopic (exact) mass is 380 g/mol. The van der Waals surface area contributed by atoms with Crippen LogP contribution < -0.4 is 0 Å². The van der Waals surface area contributed by atoms with Crippen LogP contribution in [0, 0.1) is 10.8 Å². The van der Waals surface area contributed by atoms with Gasteiger partial charge in [0.25, 0.3) is 0 Å². The molecule has 0 amide bonds. The summed E-state index contributed by atoms with van der Waals surface area (Å²) >= 11 is 0. The Kier molecular flexibility index (Phi) is 3.87. The van der Waals surface area contributed by atoms with Gasteiger partial charge < -0.3 is 24.1 Å². The molecule has 2 saturated heterocycles. The fourth-order valence-electron chi connectivity index (χ4n) is 5.44. The highest BCUT2D eigenvalue weighted by Crippen LogP contribution is 2.71. The van der Waals surface area contributed by atoms with Crippen LogP contribution in [0.1, 0.15) is 34.1 Å². The minimum Gasteiger partial charge on any atom is -0.465 e. The van der Waals surface area contributed by atoms with Gasteiger partial charge in [-0.05, 0) is 18.6 Å². The molecule has 7 atom stereocenters. The normalized spacial score (nSPS) is 47.3. The van der Waals surface area contributed by atoms with Crippen LogP contribution in [0.3, 0.4) is 0 Å². The van der Waals surface area contributed by atoms with Gasteiger partial charge in [0.15, 0.2) is 5.78 Å². The van der Waals surface area contributed by atoms with Crippen molar-refractivity contribution in [2.75, 3.05) is 13.2 Å². The van der Waals surface area contributed by atoms with Crippen LogP contribution in [-0.4, -0.2) is 66.1 Å². The molecule has 2 aliphatic heterocycles. The summed E-state index contributed by atoms with van der Waals surface area (Å²) in [6, 6.07) is 0. The number of hydrogen-bond acceptors (Lipinski definition) is 8. The van der Waals surface area contributed by atoms with Gasteiger partial charge in [-0.25, -0.2) is 0 Å². The highest BCUT2D eigenvalue weighted by Gasteiger charge is 2.86. The van der Waals surface area contributed by atoms with Crippen LogP contribution in [-0.2, 0) is 33.3 Å². The molecule has 2 bridgehead atoms. The summed E-state index contributed by atoms with van der Waals surface area (Å²) in [5.74, 6) is -1.13. The Bertz CT molecular complexity index is 753. The second-order valence-corrected chi connectivity index (χ2v) is 8.26. The number of aliphatic hydroxyl groups is 1. The Balaban J connectivity index is 1.89. The lowest BCUT2D eigenvalue weighted by atomic mass is 9.51. The van der Waals surface area contributed by atoms with E-state index in [-0.39, 0.29) is 18.8 Å². The van der Waals surface area contributed by atoms with E-state index in [4.69, 9.17) is 18.9 Å². The quantitative estimate of drug-likeness (QED) is 0.550. The number of epoxide rings is 1. The summed E-state index contributed by atoms with van der Waals surface area (Å²) in [4.78, 5) is 36.0. The van der Waals surface area contributed by atoms with Crippen LogP contribution in [0.4, 0.5) is 0 Å². The Morgan fingerprint density at radius 1 is 1.33 bits per heavy atom. The lowest BCUT2D eigenvalue weighted by Gasteiger charge is -2.57. The molecular formula is C19H24O8. The van der Waals surface area contributed by atoms with Crippen molar-refractivity contribution in [1.82, 2.24) is 0 Å². The number of ketones is 1. The lowest BCUT2D eigenvalue weighted by molar-refractivity contribution is -0.231. The van der Waals surface area contributed by atoms with Crippen LogP contribution in [0.5, 0.6) is 0 Å². The number of carbonyl (C=O) groups excluding carboxylic acids is 3. The summed E-state index contributed by atoms with van der Waals surface area (Å²) in [5.41, 5.74) is -2.31.